The van der Waals surface area contributed by atoms with Gasteiger partial charge in [0, 0.05) is 0 Å². The molecular formula is C8H10. The standard InChI is InChI=1S/C8H10/c1-3-7-5-2-6-8(7)4-1/h5-8H,1,3-4H2. The van der Waals surface area contributed by atoms with Crippen LogP contribution < -0.4 is 0 Å². The van der Waals surface area contributed by atoms with Crippen molar-refractivity contribution in [3.63, 3.8) is 0 Å². The first-order chi connectivity index (χ1) is 3.97. The van der Waals surface area contributed by atoms with Crippen molar-refractivity contribution in [2.45, 2.75) is 19.3 Å². The predicted molar refractivity (Wildman–Crippen MR) is 33.5 cm³/mol. The van der Waals surface area contributed by atoms with Crippen molar-refractivity contribution in [2.24, 2.45) is 11.8 Å². The molecule has 0 bridgehead atoms. The molecule has 0 saturated heterocycles. The summed E-state index contributed by atoms with van der Waals surface area (Å²) in [4.78, 5) is 0. The number of rotatable bonds is 0. The molecule has 0 aromatic rings. The molecule has 0 aliphatic heterocycles. The second-order valence-electron chi connectivity index (χ2n) is 2.76. The van der Waals surface area contributed by atoms with Gasteiger partial charge in [-0.15, -0.1) is 5.73 Å². The summed E-state index contributed by atoms with van der Waals surface area (Å²) in [7, 11) is 0. The maximum Gasteiger partial charge on any atom is -0.00885 e. The van der Waals surface area contributed by atoms with E-state index in [4.69, 9.17) is 0 Å². The Morgan fingerprint density at radius 1 is 1.12 bits per heavy atom. The lowest BCUT2D eigenvalue weighted by molar-refractivity contribution is 0.575. The summed E-state index contributed by atoms with van der Waals surface area (Å²) in [6.45, 7) is 0. The predicted octanol–water partition coefficient (Wildman–Crippen LogP) is 2.13. The van der Waals surface area contributed by atoms with Crippen molar-refractivity contribution in [1.82, 2.24) is 0 Å². The number of allylic oxidation sites excluding steroid dienone is 1. The fourth-order valence-corrected chi connectivity index (χ4v) is 1.73. The lowest BCUT2D eigenvalue weighted by Crippen LogP contribution is -1.95. The van der Waals surface area contributed by atoms with Crippen LogP contribution in [0.25, 0.3) is 0 Å². The van der Waals surface area contributed by atoms with E-state index in [9.17, 15) is 0 Å². The third kappa shape index (κ3) is 0.468. The topological polar surface area (TPSA) is 0 Å². The Labute approximate surface area is 49.9 Å². The monoisotopic (exact) mass is 106 g/mol. The minimum Gasteiger partial charge on any atom is -0.129 e. The fourth-order valence-electron chi connectivity index (χ4n) is 1.73. The zero-order chi connectivity index (χ0) is 5.40. The van der Waals surface area contributed by atoms with E-state index in [0.717, 1.165) is 11.8 Å². The van der Waals surface area contributed by atoms with E-state index >= 15 is 0 Å². The molecule has 2 unspecified atom stereocenters. The highest BCUT2D eigenvalue weighted by atomic mass is 14.3. The van der Waals surface area contributed by atoms with Gasteiger partial charge in [-0.05, 0) is 36.8 Å². The number of hydrogen-bond acceptors (Lipinski definition) is 0. The van der Waals surface area contributed by atoms with E-state index < -0.39 is 0 Å². The van der Waals surface area contributed by atoms with Crippen LogP contribution in [0.5, 0.6) is 0 Å². The zero-order valence-electron chi connectivity index (χ0n) is 4.93. The van der Waals surface area contributed by atoms with Gasteiger partial charge in [0.1, 0.15) is 0 Å². The summed E-state index contributed by atoms with van der Waals surface area (Å²) in [6.07, 6.45) is 8.72. The molecule has 0 heteroatoms. The molecule has 2 aliphatic carbocycles. The fraction of sp³-hybridized carbons (Fsp3) is 0.625. The molecule has 0 aromatic heterocycles. The number of fused-ring (bicyclic) bond motifs is 1. The van der Waals surface area contributed by atoms with Crippen molar-refractivity contribution in [2.75, 3.05) is 0 Å². The van der Waals surface area contributed by atoms with Crippen LogP contribution in [-0.4, -0.2) is 0 Å². The molecule has 0 amide bonds. The van der Waals surface area contributed by atoms with Crippen LogP contribution in [0.4, 0.5) is 0 Å². The molecule has 0 aromatic carbocycles. The minimum absolute atomic E-state index is 0.884. The molecule has 2 atom stereocenters. The minimum atomic E-state index is 0.884. The van der Waals surface area contributed by atoms with E-state index in [1.165, 1.54) is 19.3 Å². The Balaban J connectivity index is 2.21. The van der Waals surface area contributed by atoms with Gasteiger partial charge in [-0.2, -0.15) is 0 Å². The SMILES string of the molecule is C1=CC2CCCC2C=1. The average Bonchev–Trinajstić information content (AvgIpc) is 2.15. The Morgan fingerprint density at radius 3 is 2.38 bits per heavy atom. The van der Waals surface area contributed by atoms with Crippen molar-refractivity contribution in [3.8, 4) is 0 Å². The summed E-state index contributed by atoms with van der Waals surface area (Å²) in [5, 5.41) is 0. The van der Waals surface area contributed by atoms with Crippen LogP contribution in [0.1, 0.15) is 19.3 Å². The van der Waals surface area contributed by atoms with E-state index in [2.05, 4.69) is 17.9 Å². The van der Waals surface area contributed by atoms with Crippen molar-refractivity contribution in [1.29, 1.82) is 0 Å². The Kier molecular flexibility index (Phi) is 0.824. The van der Waals surface area contributed by atoms with Gasteiger partial charge >= 0.3 is 0 Å². The van der Waals surface area contributed by atoms with Gasteiger partial charge in [-0.1, -0.05) is 6.42 Å². The van der Waals surface area contributed by atoms with E-state index in [1.54, 1.807) is 0 Å². The zero-order valence-corrected chi connectivity index (χ0v) is 4.93. The molecule has 2 aliphatic rings. The molecule has 0 N–H and O–H groups in total. The summed E-state index contributed by atoms with van der Waals surface area (Å²) in [5.41, 5.74) is 3.17. The van der Waals surface area contributed by atoms with Gasteiger partial charge < -0.3 is 0 Å². The van der Waals surface area contributed by atoms with E-state index in [1.807, 2.05) is 0 Å². The largest absolute Gasteiger partial charge is 0.129 e. The molecule has 0 spiro atoms. The van der Waals surface area contributed by atoms with Crippen molar-refractivity contribution in [3.05, 3.63) is 17.9 Å². The molecule has 0 radical (unpaired) electrons. The molecule has 0 heterocycles. The Bertz CT molecular complexity index is 135. The quantitative estimate of drug-likeness (QED) is 0.415. The average molecular weight is 106 g/mol. The van der Waals surface area contributed by atoms with Gasteiger partial charge in [-0.25, -0.2) is 0 Å². The smallest absolute Gasteiger partial charge is 0.00885 e. The first-order valence-electron chi connectivity index (χ1n) is 3.39. The first-order valence-corrected chi connectivity index (χ1v) is 3.39. The molecule has 1 saturated carbocycles. The third-order valence-corrected chi connectivity index (χ3v) is 2.25. The van der Waals surface area contributed by atoms with Gasteiger partial charge in [-0.3, -0.25) is 0 Å². The van der Waals surface area contributed by atoms with E-state index in [-0.39, 0.29) is 0 Å². The van der Waals surface area contributed by atoms with Crippen LogP contribution >= 0.6 is 0 Å². The van der Waals surface area contributed by atoms with Gasteiger partial charge in [0.2, 0.25) is 0 Å². The lowest BCUT2D eigenvalue weighted by atomic mass is 10.0. The second kappa shape index (κ2) is 1.50. The third-order valence-electron chi connectivity index (χ3n) is 2.25. The highest BCUT2D eigenvalue weighted by Gasteiger charge is 2.24. The van der Waals surface area contributed by atoms with Crippen LogP contribution in [0.2, 0.25) is 0 Å². The summed E-state index contributed by atoms with van der Waals surface area (Å²) < 4.78 is 0. The Morgan fingerprint density at radius 2 is 1.75 bits per heavy atom. The lowest BCUT2D eigenvalue weighted by Gasteiger charge is -2.02. The van der Waals surface area contributed by atoms with Crippen LogP contribution in [0.3, 0.4) is 0 Å². The van der Waals surface area contributed by atoms with Gasteiger partial charge in [0.15, 0.2) is 0 Å². The normalized spacial score (nSPS) is 41.0. The van der Waals surface area contributed by atoms with Crippen LogP contribution in [-0.2, 0) is 0 Å². The molecule has 0 nitrogen and oxygen atoms in total. The molecule has 8 heavy (non-hydrogen) atoms. The highest BCUT2D eigenvalue weighted by Crippen LogP contribution is 2.35. The summed E-state index contributed by atoms with van der Waals surface area (Å²) >= 11 is 0. The maximum absolute atomic E-state index is 3.17. The van der Waals surface area contributed by atoms with Crippen LogP contribution in [0.15, 0.2) is 17.9 Å². The summed E-state index contributed by atoms with van der Waals surface area (Å²) in [6, 6.07) is 0. The maximum atomic E-state index is 3.17. The molecule has 2 rings (SSSR count). The van der Waals surface area contributed by atoms with Gasteiger partial charge in [0.25, 0.3) is 0 Å². The first kappa shape index (κ1) is 4.40. The van der Waals surface area contributed by atoms with Crippen LogP contribution in [0, 0.1) is 11.8 Å². The van der Waals surface area contributed by atoms with Gasteiger partial charge in [0.05, 0.1) is 0 Å². The summed E-state index contributed by atoms with van der Waals surface area (Å²) in [5.74, 6) is 1.77. The highest BCUT2D eigenvalue weighted by molar-refractivity contribution is 5.08. The molecule has 42 valence electrons. The molecular weight excluding hydrogens is 96.1 g/mol. The Hall–Kier alpha value is -0.480. The van der Waals surface area contributed by atoms with Crippen molar-refractivity contribution < 1.29 is 0 Å². The second-order valence-corrected chi connectivity index (χ2v) is 2.76. The molecule has 1 fully saturated rings. The van der Waals surface area contributed by atoms with Crippen molar-refractivity contribution >= 4 is 0 Å². The van der Waals surface area contributed by atoms with E-state index in [0.29, 0.717) is 0 Å². The number of hydrogen-bond donors (Lipinski definition) is 0.